The van der Waals surface area contributed by atoms with Gasteiger partial charge in [-0.2, -0.15) is 0 Å². The van der Waals surface area contributed by atoms with Gasteiger partial charge in [0.1, 0.15) is 0 Å². The highest BCUT2D eigenvalue weighted by molar-refractivity contribution is 7.09. The van der Waals surface area contributed by atoms with Gasteiger partial charge in [0.15, 0.2) is 0 Å². The van der Waals surface area contributed by atoms with Gasteiger partial charge in [-0.15, -0.1) is 11.3 Å². The highest BCUT2D eigenvalue weighted by Crippen LogP contribution is 2.27. The number of anilines is 1. The molecule has 1 aromatic heterocycles. The van der Waals surface area contributed by atoms with Crippen molar-refractivity contribution in [1.29, 1.82) is 0 Å². The SMILES string of the molecule is Cc1cc(C(=O)O)ccc1NC(C)c1scnc1C. The third kappa shape index (κ3) is 2.93. The highest BCUT2D eigenvalue weighted by Gasteiger charge is 2.12. The molecule has 0 spiro atoms. The smallest absolute Gasteiger partial charge is 0.335 e. The first-order chi connectivity index (χ1) is 8.99. The fourth-order valence-electron chi connectivity index (χ4n) is 1.98. The molecule has 5 heteroatoms. The monoisotopic (exact) mass is 276 g/mol. The minimum absolute atomic E-state index is 0.155. The summed E-state index contributed by atoms with van der Waals surface area (Å²) >= 11 is 1.62. The third-order valence-corrected chi connectivity index (χ3v) is 4.13. The molecule has 0 aliphatic carbocycles. The van der Waals surface area contributed by atoms with Gasteiger partial charge >= 0.3 is 5.97 Å². The molecule has 1 heterocycles. The fourth-order valence-corrected chi connectivity index (χ4v) is 2.79. The van der Waals surface area contributed by atoms with Crippen molar-refractivity contribution < 1.29 is 9.90 Å². The number of aromatic nitrogens is 1. The Morgan fingerprint density at radius 3 is 2.68 bits per heavy atom. The number of aromatic carboxylic acids is 1. The summed E-state index contributed by atoms with van der Waals surface area (Å²) < 4.78 is 0. The number of carboxylic acids is 1. The van der Waals surface area contributed by atoms with Crippen molar-refractivity contribution in [2.45, 2.75) is 26.8 Å². The second-order valence-corrected chi connectivity index (χ2v) is 5.39. The van der Waals surface area contributed by atoms with Crippen LogP contribution < -0.4 is 5.32 Å². The Labute approximate surface area is 116 Å². The first-order valence-corrected chi connectivity index (χ1v) is 6.87. The second kappa shape index (κ2) is 5.40. The Morgan fingerprint density at radius 2 is 2.16 bits per heavy atom. The Bertz CT molecular complexity index is 607. The van der Waals surface area contributed by atoms with Gasteiger partial charge < -0.3 is 10.4 Å². The van der Waals surface area contributed by atoms with Gasteiger partial charge in [-0.05, 0) is 44.5 Å². The van der Waals surface area contributed by atoms with Crippen molar-refractivity contribution in [2.75, 3.05) is 5.32 Å². The van der Waals surface area contributed by atoms with Gasteiger partial charge in [0.25, 0.3) is 0 Å². The molecule has 0 fully saturated rings. The summed E-state index contributed by atoms with van der Waals surface area (Å²) in [6.45, 7) is 5.97. The van der Waals surface area contributed by atoms with E-state index in [-0.39, 0.29) is 6.04 Å². The Morgan fingerprint density at radius 1 is 1.42 bits per heavy atom. The van der Waals surface area contributed by atoms with Crippen LogP contribution in [0.4, 0.5) is 5.69 Å². The van der Waals surface area contributed by atoms with E-state index in [0.717, 1.165) is 16.9 Å². The molecule has 0 bridgehead atoms. The summed E-state index contributed by atoms with van der Waals surface area (Å²) in [5.74, 6) is -0.902. The zero-order chi connectivity index (χ0) is 14.0. The normalized spacial score (nSPS) is 12.2. The van der Waals surface area contributed by atoms with Crippen molar-refractivity contribution in [3.05, 3.63) is 45.4 Å². The maximum Gasteiger partial charge on any atom is 0.335 e. The van der Waals surface area contributed by atoms with Crippen molar-refractivity contribution in [3.63, 3.8) is 0 Å². The molecule has 1 atom stereocenters. The quantitative estimate of drug-likeness (QED) is 0.895. The van der Waals surface area contributed by atoms with Gasteiger partial charge in [0, 0.05) is 10.6 Å². The Balaban J connectivity index is 2.20. The number of nitrogens with one attached hydrogen (secondary N) is 1. The van der Waals surface area contributed by atoms with E-state index >= 15 is 0 Å². The van der Waals surface area contributed by atoms with Crippen molar-refractivity contribution in [1.82, 2.24) is 4.98 Å². The van der Waals surface area contributed by atoms with Crippen LogP contribution in [-0.4, -0.2) is 16.1 Å². The van der Waals surface area contributed by atoms with Crippen LogP contribution in [0.25, 0.3) is 0 Å². The van der Waals surface area contributed by atoms with Crippen LogP contribution in [0.2, 0.25) is 0 Å². The number of hydrogen-bond acceptors (Lipinski definition) is 4. The van der Waals surface area contributed by atoms with E-state index in [0.29, 0.717) is 5.56 Å². The van der Waals surface area contributed by atoms with Gasteiger partial charge in [0.05, 0.1) is 22.8 Å². The number of aryl methyl sites for hydroxylation is 2. The van der Waals surface area contributed by atoms with Crippen molar-refractivity contribution >= 4 is 23.0 Å². The molecule has 0 saturated carbocycles. The van der Waals surface area contributed by atoms with Crippen LogP contribution >= 0.6 is 11.3 Å². The Hall–Kier alpha value is -1.88. The summed E-state index contributed by atoms with van der Waals surface area (Å²) in [7, 11) is 0. The molecule has 0 aliphatic rings. The average molecular weight is 276 g/mol. The standard InChI is InChI=1S/C14H16N2O2S/c1-8-6-11(14(17)18)4-5-12(8)16-10(3)13-9(2)15-7-19-13/h4-7,10,16H,1-3H3,(H,17,18). The summed E-state index contributed by atoms with van der Waals surface area (Å²) in [4.78, 5) is 16.3. The predicted octanol–water partition coefficient (Wildman–Crippen LogP) is 3.63. The first kappa shape index (κ1) is 13.5. The predicted molar refractivity (Wildman–Crippen MR) is 77.0 cm³/mol. The molecule has 0 radical (unpaired) electrons. The number of benzene rings is 1. The van der Waals surface area contributed by atoms with E-state index in [4.69, 9.17) is 5.11 Å². The number of carboxylic acid groups (broad SMARTS) is 1. The number of rotatable bonds is 4. The lowest BCUT2D eigenvalue weighted by Gasteiger charge is -2.16. The van der Waals surface area contributed by atoms with Crippen molar-refractivity contribution in [3.8, 4) is 0 Å². The maximum absolute atomic E-state index is 10.9. The zero-order valence-electron chi connectivity index (χ0n) is 11.1. The Kier molecular flexibility index (Phi) is 3.85. The molecule has 0 amide bonds. The molecular formula is C14H16N2O2S. The van der Waals surface area contributed by atoms with Crippen LogP contribution in [0.5, 0.6) is 0 Å². The summed E-state index contributed by atoms with van der Waals surface area (Å²) in [5, 5.41) is 12.3. The van der Waals surface area contributed by atoms with Gasteiger partial charge in [-0.25, -0.2) is 9.78 Å². The van der Waals surface area contributed by atoms with E-state index in [1.165, 1.54) is 4.88 Å². The number of hydrogen-bond donors (Lipinski definition) is 2. The molecule has 19 heavy (non-hydrogen) atoms. The van der Waals surface area contributed by atoms with E-state index in [2.05, 4.69) is 17.2 Å². The van der Waals surface area contributed by atoms with E-state index < -0.39 is 5.97 Å². The molecular weight excluding hydrogens is 260 g/mol. The number of carbonyl (C=O) groups is 1. The molecule has 0 saturated heterocycles. The average Bonchev–Trinajstić information content (AvgIpc) is 2.77. The number of thiazole rings is 1. The summed E-state index contributed by atoms with van der Waals surface area (Å²) in [6.07, 6.45) is 0. The summed E-state index contributed by atoms with van der Waals surface area (Å²) in [5.41, 5.74) is 5.05. The van der Waals surface area contributed by atoms with Gasteiger partial charge in [-0.3, -0.25) is 0 Å². The lowest BCUT2D eigenvalue weighted by Crippen LogP contribution is -2.08. The molecule has 100 valence electrons. The van der Waals surface area contributed by atoms with Gasteiger partial charge in [0.2, 0.25) is 0 Å². The first-order valence-electron chi connectivity index (χ1n) is 5.99. The second-order valence-electron chi connectivity index (χ2n) is 4.50. The molecule has 0 aliphatic heterocycles. The van der Waals surface area contributed by atoms with Gasteiger partial charge in [-0.1, -0.05) is 0 Å². The van der Waals surface area contributed by atoms with Crippen LogP contribution in [0.3, 0.4) is 0 Å². The van der Waals surface area contributed by atoms with Crippen LogP contribution in [0, 0.1) is 13.8 Å². The minimum Gasteiger partial charge on any atom is -0.478 e. The molecule has 1 aromatic carbocycles. The minimum atomic E-state index is -0.902. The van der Waals surface area contributed by atoms with E-state index in [1.54, 1.807) is 23.5 Å². The topological polar surface area (TPSA) is 62.2 Å². The van der Waals surface area contributed by atoms with E-state index in [1.807, 2.05) is 25.4 Å². The lowest BCUT2D eigenvalue weighted by atomic mass is 10.1. The van der Waals surface area contributed by atoms with Crippen molar-refractivity contribution in [2.24, 2.45) is 0 Å². The lowest BCUT2D eigenvalue weighted by molar-refractivity contribution is 0.0697. The fraction of sp³-hybridized carbons (Fsp3) is 0.286. The number of nitrogens with zero attached hydrogens (tertiary/aromatic N) is 1. The van der Waals surface area contributed by atoms with Crippen LogP contribution in [0.15, 0.2) is 23.7 Å². The third-order valence-electron chi connectivity index (χ3n) is 3.02. The highest BCUT2D eigenvalue weighted by atomic mass is 32.1. The van der Waals surface area contributed by atoms with E-state index in [9.17, 15) is 4.79 Å². The van der Waals surface area contributed by atoms with Crippen LogP contribution in [-0.2, 0) is 0 Å². The maximum atomic E-state index is 10.9. The molecule has 2 rings (SSSR count). The molecule has 4 nitrogen and oxygen atoms in total. The molecule has 2 N–H and O–H groups in total. The molecule has 1 unspecified atom stereocenters. The van der Waals surface area contributed by atoms with Crippen LogP contribution in [0.1, 0.15) is 39.5 Å². The summed E-state index contributed by atoms with van der Waals surface area (Å²) in [6, 6.07) is 5.26. The molecule has 2 aromatic rings. The zero-order valence-corrected chi connectivity index (χ0v) is 11.9. The largest absolute Gasteiger partial charge is 0.478 e.